The quantitative estimate of drug-likeness (QED) is 0.796. The number of pyridine rings is 1. The van der Waals surface area contributed by atoms with Crippen LogP contribution in [-0.4, -0.2) is 23.9 Å². The van der Waals surface area contributed by atoms with Crippen LogP contribution in [0.1, 0.15) is 12.0 Å². The Morgan fingerprint density at radius 1 is 1.18 bits per heavy atom. The molecule has 0 aliphatic heterocycles. The molecule has 1 heterocycles. The number of hydrogen-bond donors (Lipinski definition) is 2. The van der Waals surface area contributed by atoms with Crippen LogP contribution in [0.2, 0.25) is 0 Å². The van der Waals surface area contributed by atoms with Gasteiger partial charge in [0, 0.05) is 30.7 Å². The van der Waals surface area contributed by atoms with Gasteiger partial charge >= 0.3 is 0 Å². The molecule has 0 fully saturated rings. The number of ether oxygens (including phenoxy) is 1. The summed E-state index contributed by atoms with van der Waals surface area (Å²) in [6, 6.07) is 10.6. The van der Waals surface area contributed by atoms with Gasteiger partial charge in [0.05, 0.1) is 7.11 Å². The van der Waals surface area contributed by atoms with Crippen LogP contribution in [0.5, 0.6) is 5.75 Å². The van der Waals surface area contributed by atoms with Crippen molar-refractivity contribution in [2.75, 3.05) is 12.4 Å². The Hall–Kier alpha value is -2.89. The van der Waals surface area contributed by atoms with Crippen LogP contribution in [0.4, 0.5) is 5.69 Å². The van der Waals surface area contributed by atoms with E-state index in [0.717, 1.165) is 5.56 Å². The highest BCUT2D eigenvalue weighted by Crippen LogP contribution is 2.16. The molecule has 1 aromatic heterocycles. The van der Waals surface area contributed by atoms with Crippen molar-refractivity contribution in [2.24, 2.45) is 0 Å². The normalized spacial score (nSPS) is 9.86. The summed E-state index contributed by atoms with van der Waals surface area (Å²) in [5.41, 5.74) is 1.47. The Morgan fingerprint density at radius 3 is 2.77 bits per heavy atom. The van der Waals surface area contributed by atoms with Gasteiger partial charge < -0.3 is 15.4 Å². The van der Waals surface area contributed by atoms with Gasteiger partial charge in [-0.15, -0.1) is 0 Å². The summed E-state index contributed by atoms with van der Waals surface area (Å²) >= 11 is 0. The van der Waals surface area contributed by atoms with Crippen molar-refractivity contribution < 1.29 is 14.3 Å². The smallest absolute Gasteiger partial charge is 0.233 e. The van der Waals surface area contributed by atoms with E-state index in [1.54, 1.807) is 49.8 Å². The van der Waals surface area contributed by atoms with Gasteiger partial charge in [0.25, 0.3) is 0 Å². The summed E-state index contributed by atoms with van der Waals surface area (Å²) in [5, 5.41) is 5.33. The van der Waals surface area contributed by atoms with Crippen LogP contribution in [0.15, 0.2) is 48.8 Å². The predicted molar refractivity (Wildman–Crippen MR) is 82.3 cm³/mol. The summed E-state index contributed by atoms with van der Waals surface area (Å²) < 4.78 is 5.07. The first-order valence-electron chi connectivity index (χ1n) is 6.77. The average Bonchev–Trinajstić information content (AvgIpc) is 2.54. The van der Waals surface area contributed by atoms with E-state index in [4.69, 9.17) is 4.74 Å². The van der Waals surface area contributed by atoms with E-state index in [1.165, 1.54) is 0 Å². The monoisotopic (exact) mass is 299 g/mol. The van der Waals surface area contributed by atoms with E-state index in [-0.39, 0.29) is 18.2 Å². The minimum absolute atomic E-state index is 0.239. The van der Waals surface area contributed by atoms with Gasteiger partial charge in [-0.25, -0.2) is 0 Å². The second kappa shape index (κ2) is 7.78. The molecule has 1 aromatic carbocycles. The third-order valence-corrected chi connectivity index (χ3v) is 2.89. The van der Waals surface area contributed by atoms with E-state index >= 15 is 0 Å². The molecule has 0 atom stereocenters. The van der Waals surface area contributed by atoms with Gasteiger partial charge in [-0.05, 0) is 23.8 Å². The number of carbonyl (C=O) groups is 2. The Morgan fingerprint density at radius 2 is 2.05 bits per heavy atom. The lowest BCUT2D eigenvalue weighted by atomic mass is 10.2. The number of rotatable bonds is 6. The van der Waals surface area contributed by atoms with Crippen LogP contribution in [0.25, 0.3) is 0 Å². The molecule has 2 aromatic rings. The van der Waals surface area contributed by atoms with Crippen molar-refractivity contribution in [2.45, 2.75) is 13.0 Å². The molecule has 2 amide bonds. The molecule has 6 heteroatoms. The molecule has 0 saturated carbocycles. The third-order valence-electron chi connectivity index (χ3n) is 2.89. The van der Waals surface area contributed by atoms with Crippen LogP contribution in [-0.2, 0) is 16.1 Å². The van der Waals surface area contributed by atoms with Gasteiger partial charge in [-0.1, -0.05) is 12.1 Å². The summed E-state index contributed by atoms with van der Waals surface area (Å²) in [5.74, 6) is -0.0833. The van der Waals surface area contributed by atoms with Crippen LogP contribution < -0.4 is 15.4 Å². The molecule has 2 N–H and O–H groups in total. The minimum Gasteiger partial charge on any atom is -0.497 e. The zero-order valence-corrected chi connectivity index (χ0v) is 12.2. The number of benzene rings is 1. The van der Waals surface area contributed by atoms with Crippen molar-refractivity contribution in [1.29, 1.82) is 0 Å². The Bertz CT molecular complexity index is 644. The zero-order chi connectivity index (χ0) is 15.8. The highest BCUT2D eigenvalue weighted by molar-refractivity contribution is 6.03. The molecule has 0 saturated heterocycles. The molecular weight excluding hydrogens is 282 g/mol. The van der Waals surface area contributed by atoms with Crippen molar-refractivity contribution >= 4 is 17.5 Å². The lowest BCUT2D eigenvalue weighted by molar-refractivity contribution is -0.126. The number of hydrogen-bond acceptors (Lipinski definition) is 4. The number of aromatic nitrogens is 1. The first-order chi connectivity index (χ1) is 10.7. The SMILES string of the molecule is COc1cccc(NC(=O)CC(=O)NCc2cccnc2)c1. The molecule has 0 aliphatic rings. The van der Waals surface area contributed by atoms with Gasteiger partial charge in [-0.2, -0.15) is 0 Å². The zero-order valence-electron chi connectivity index (χ0n) is 12.2. The fraction of sp³-hybridized carbons (Fsp3) is 0.188. The van der Waals surface area contributed by atoms with E-state index in [1.807, 2.05) is 6.07 Å². The van der Waals surface area contributed by atoms with Gasteiger partial charge in [0.2, 0.25) is 11.8 Å². The molecule has 114 valence electrons. The number of nitrogens with zero attached hydrogens (tertiary/aromatic N) is 1. The molecule has 22 heavy (non-hydrogen) atoms. The first kappa shape index (κ1) is 15.5. The number of nitrogens with one attached hydrogen (secondary N) is 2. The van der Waals surface area contributed by atoms with Gasteiger partial charge in [0.15, 0.2) is 0 Å². The average molecular weight is 299 g/mol. The van der Waals surface area contributed by atoms with Crippen LogP contribution in [0, 0.1) is 0 Å². The number of amides is 2. The Balaban J connectivity index is 1.79. The highest BCUT2D eigenvalue weighted by Gasteiger charge is 2.09. The molecule has 0 radical (unpaired) electrons. The minimum atomic E-state index is -0.378. The summed E-state index contributed by atoms with van der Waals surface area (Å²) in [7, 11) is 1.55. The fourth-order valence-corrected chi connectivity index (χ4v) is 1.82. The summed E-state index contributed by atoms with van der Waals surface area (Å²) in [4.78, 5) is 27.5. The molecule has 0 aliphatic carbocycles. The largest absolute Gasteiger partial charge is 0.497 e. The van der Waals surface area contributed by atoms with E-state index in [2.05, 4.69) is 15.6 Å². The van der Waals surface area contributed by atoms with Crippen LogP contribution in [0.3, 0.4) is 0 Å². The summed E-state index contributed by atoms with van der Waals surface area (Å²) in [6.45, 7) is 0.346. The standard InChI is InChI=1S/C16H17N3O3/c1-22-14-6-2-5-13(8-14)19-16(21)9-15(20)18-11-12-4-3-7-17-10-12/h2-8,10H,9,11H2,1H3,(H,18,20)(H,19,21). The van der Waals surface area contributed by atoms with Crippen LogP contribution >= 0.6 is 0 Å². The molecule has 6 nitrogen and oxygen atoms in total. The van der Waals surface area contributed by atoms with Crippen molar-refractivity contribution in [3.63, 3.8) is 0 Å². The van der Waals surface area contributed by atoms with E-state index in [0.29, 0.717) is 18.0 Å². The Kier molecular flexibility index (Phi) is 5.48. The highest BCUT2D eigenvalue weighted by atomic mass is 16.5. The van der Waals surface area contributed by atoms with Gasteiger partial charge in [0.1, 0.15) is 12.2 Å². The molecule has 0 spiro atoms. The molecule has 0 unspecified atom stereocenters. The first-order valence-corrected chi connectivity index (χ1v) is 6.77. The maximum Gasteiger partial charge on any atom is 0.233 e. The lowest BCUT2D eigenvalue weighted by Crippen LogP contribution is -2.27. The summed E-state index contributed by atoms with van der Waals surface area (Å²) in [6.07, 6.45) is 3.08. The number of carbonyl (C=O) groups excluding carboxylic acids is 2. The lowest BCUT2D eigenvalue weighted by Gasteiger charge is -2.07. The van der Waals surface area contributed by atoms with E-state index in [9.17, 15) is 9.59 Å². The van der Waals surface area contributed by atoms with Crippen molar-refractivity contribution in [3.8, 4) is 5.75 Å². The van der Waals surface area contributed by atoms with Gasteiger partial charge in [-0.3, -0.25) is 14.6 Å². The maximum atomic E-state index is 11.8. The third kappa shape index (κ3) is 4.90. The second-order valence-electron chi connectivity index (χ2n) is 4.59. The van der Waals surface area contributed by atoms with Crippen molar-refractivity contribution in [3.05, 3.63) is 54.4 Å². The topological polar surface area (TPSA) is 80.3 Å². The fourth-order valence-electron chi connectivity index (χ4n) is 1.82. The Labute approximate surface area is 128 Å². The molecule has 0 bridgehead atoms. The maximum absolute atomic E-state index is 11.8. The van der Waals surface area contributed by atoms with Crippen molar-refractivity contribution in [1.82, 2.24) is 10.3 Å². The number of methoxy groups -OCH3 is 1. The molecular formula is C16H17N3O3. The van der Waals surface area contributed by atoms with E-state index < -0.39 is 0 Å². The number of anilines is 1. The predicted octanol–water partition coefficient (Wildman–Crippen LogP) is 1.74. The molecule has 2 rings (SSSR count). The second-order valence-corrected chi connectivity index (χ2v) is 4.59.